The topological polar surface area (TPSA) is 48.5 Å². The number of hydrogen-bond donors (Lipinski definition) is 1. The molecule has 0 radical (unpaired) electrons. The van der Waals surface area contributed by atoms with E-state index in [0.717, 1.165) is 51.4 Å². The molecule has 1 N–H and O–H groups in total. The number of carbonyl (C=O) groups excluding carboxylic acids is 1. The van der Waals surface area contributed by atoms with E-state index in [1.807, 2.05) is 17.3 Å². The van der Waals surface area contributed by atoms with Crippen LogP contribution in [0.15, 0.2) is 24.5 Å². The first-order chi connectivity index (χ1) is 11.7. The number of likely N-dealkylation sites (tertiary alicyclic amines) is 1. The zero-order valence-corrected chi connectivity index (χ0v) is 14.8. The smallest absolute Gasteiger partial charge is 0.317 e. The highest BCUT2D eigenvalue weighted by Crippen LogP contribution is 2.24. The average molecular weight is 330 g/mol. The Morgan fingerprint density at radius 1 is 1.17 bits per heavy atom. The van der Waals surface area contributed by atoms with Gasteiger partial charge in [-0.25, -0.2) is 4.79 Å². The van der Waals surface area contributed by atoms with Crippen molar-refractivity contribution in [1.29, 1.82) is 0 Å². The van der Waals surface area contributed by atoms with Gasteiger partial charge < -0.3 is 15.1 Å². The number of nitrogens with zero attached hydrogens (tertiary/aromatic N) is 3. The summed E-state index contributed by atoms with van der Waals surface area (Å²) in [5.41, 5.74) is 1.27. The van der Waals surface area contributed by atoms with Gasteiger partial charge in [0.05, 0.1) is 0 Å². The van der Waals surface area contributed by atoms with Gasteiger partial charge >= 0.3 is 6.03 Å². The van der Waals surface area contributed by atoms with Gasteiger partial charge in [0.2, 0.25) is 0 Å². The summed E-state index contributed by atoms with van der Waals surface area (Å²) in [4.78, 5) is 20.8. The Hall–Kier alpha value is -1.78. The molecular formula is C19H30N4O. The van der Waals surface area contributed by atoms with Gasteiger partial charge in [0.1, 0.15) is 0 Å². The Labute approximate surface area is 145 Å². The molecule has 5 nitrogen and oxygen atoms in total. The number of anilines is 1. The number of hydrogen-bond acceptors (Lipinski definition) is 3. The van der Waals surface area contributed by atoms with Crippen LogP contribution in [0, 0.1) is 5.92 Å². The largest absolute Gasteiger partial charge is 0.371 e. The molecule has 0 unspecified atom stereocenters. The van der Waals surface area contributed by atoms with Crippen molar-refractivity contribution in [2.75, 3.05) is 31.1 Å². The first kappa shape index (κ1) is 17.1. The number of rotatable bonds is 4. The molecule has 24 heavy (non-hydrogen) atoms. The van der Waals surface area contributed by atoms with Gasteiger partial charge in [0.15, 0.2) is 0 Å². The van der Waals surface area contributed by atoms with E-state index in [0.29, 0.717) is 6.04 Å². The zero-order valence-electron chi connectivity index (χ0n) is 14.8. The highest BCUT2D eigenvalue weighted by Gasteiger charge is 2.23. The molecule has 3 heterocycles. The van der Waals surface area contributed by atoms with Crippen LogP contribution >= 0.6 is 0 Å². The maximum atomic E-state index is 12.3. The standard InChI is InChI=1S/C19H30N4O/c1-16-4-2-3-13-23(16)19(24)21-12-5-17-8-14-22(15-9-17)18-6-10-20-11-7-18/h6-7,10-11,16-17H,2-5,8-9,12-15H2,1H3,(H,21,24)/t16-/m0/s1. The second-order valence-corrected chi connectivity index (χ2v) is 7.19. The lowest BCUT2D eigenvalue weighted by Crippen LogP contribution is -2.48. The van der Waals surface area contributed by atoms with Crippen molar-refractivity contribution in [3.05, 3.63) is 24.5 Å². The summed E-state index contributed by atoms with van der Waals surface area (Å²) in [6, 6.07) is 4.69. The van der Waals surface area contributed by atoms with Crippen molar-refractivity contribution in [3.63, 3.8) is 0 Å². The molecule has 2 saturated heterocycles. The molecule has 0 aliphatic carbocycles. The van der Waals surface area contributed by atoms with E-state index in [1.165, 1.54) is 24.9 Å². The van der Waals surface area contributed by atoms with Crippen LogP contribution in [0.2, 0.25) is 0 Å². The van der Waals surface area contributed by atoms with Crippen LogP contribution in [0.5, 0.6) is 0 Å². The predicted molar refractivity (Wildman–Crippen MR) is 97.2 cm³/mol. The second kappa shape index (κ2) is 8.36. The second-order valence-electron chi connectivity index (χ2n) is 7.19. The Kier molecular flexibility index (Phi) is 5.94. The van der Waals surface area contributed by atoms with E-state index in [1.54, 1.807) is 0 Å². The average Bonchev–Trinajstić information content (AvgIpc) is 2.63. The lowest BCUT2D eigenvalue weighted by atomic mass is 9.93. The highest BCUT2D eigenvalue weighted by molar-refractivity contribution is 5.74. The summed E-state index contributed by atoms with van der Waals surface area (Å²) in [6.45, 7) is 6.09. The monoisotopic (exact) mass is 330 g/mol. The first-order valence-electron chi connectivity index (χ1n) is 9.43. The number of piperidine rings is 2. The van der Waals surface area contributed by atoms with Crippen molar-refractivity contribution < 1.29 is 4.79 Å². The summed E-state index contributed by atoms with van der Waals surface area (Å²) in [5, 5.41) is 3.14. The summed E-state index contributed by atoms with van der Waals surface area (Å²) < 4.78 is 0. The minimum absolute atomic E-state index is 0.136. The van der Waals surface area contributed by atoms with Crippen LogP contribution in [-0.4, -0.2) is 48.1 Å². The maximum Gasteiger partial charge on any atom is 0.317 e. The van der Waals surface area contributed by atoms with Crippen molar-refractivity contribution in [2.45, 2.75) is 51.5 Å². The molecule has 132 valence electrons. The van der Waals surface area contributed by atoms with E-state index in [4.69, 9.17) is 0 Å². The summed E-state index contributed by atoms with van der Waals surface area (Å²) in [6.07, 6.45) is 10.8. The van der Waals surface area contributed by atoms with Crippen LogP contribution in [0.4, 0.5) is 10.5 Å². The number of amides is 2. The lowest BCUT2D eigenvalue weighted by molar-refractivity contribution is 0.157. The van der Waals surface area contributed by atoms with Crippen molar-refractivity contribution >= 4 is 11.7 Å². The minimum atomic E-state index is 0.136. The van der Waals surface area contributed by atoms with Gasteiger partial charge in [-0.3, -0.25) is 4.98 Å². The van der Waals surface area contributed by atoms with Crippen LogP contribution in [-0.2, 0) is 0 Å². The van der Waals surface area contributed by atoms with E-state index in [9.17, 15) is 4.79 Å². The normalized spacial score (nSPS) is 22.5. The number of nitrogens with one attached hydrogen (secondary N) is 1. The number of aromatic nitrogens is 1. The number of carbonyl (C=O) groups is 1. The molecular weight excluding hydrogens is 300 g/mol. The minimum Gasteiger partial charge on any atom is -0.371 e. The van der Waals surface area contributed by atoms with Crippen LogP contribution in [0.1, 0.15) is 45.4 Å². The van der Waals surface area contributed by atoms with Crippen molar-refractivity contribution in [3.8, 4) is 0 Å². The van der Waals surface area contributed by atoms with Gasteiger partial charge in [-0.2, -0.15) is 0 Å². The van der Waals surface area contributed by atoms with Gasteiger partial charge in [0.25, 0.3) is 0 Å². The molecule has 0 spiro atoms. The SMILES string of the molecule is C[C@H]1CCCCN1C(=O)NCCC1CCN(c2ccncc2)CC1. The van der Waals surface area contributed by atoms with Crippen molar-refractivity contribution in [1.82, 2.24) is 15.2 Å². The third kappa shape index (κ3) is 4.40. The molecule has 5 heteroatoms. The Morgan fingerprint density at radius 3 is 2.62 bits per heavy atom. The fourth-order valence-corrected chi connectivity index (χ4v) is 3.92. The Bertz CT molecular complexity index is 513. The molecule has 0 bridgehead atoms. The van der Waals surface area contributed by atoms with Crippen LogP contribution < -0.4 is 10.2 Å². The molecule has 2 fully saturated rings. The first-order valence-corrected chi connectivity index (χ1v) is 9.43. The predicted octanol–water partition coefficient (Wildman–Crippen LogP) is 3.27. The van der Waals surface area contributed by atoms with Gasteiger partial charge in [-0.1, -0.05) is 0 Å². The van der Waals surface area contributed by atoms with E-state index in [-0.39, 0.29) is 6.03 Å². The zero-order chi connectivity index (χ0) is 16.8. The third-order valence-electron chi connectivity index (χ3n) is 5.54. The molecule has 2 aliphatic rings. The molecule has 2 aliphatic heterocycles. The fraction of sp³-hybridized carbons (Fsp3) is 0.684. The highest BCUT2D eigenvalue weighted by atomic mass is 16.2. The summed E-state index contributed by atoms with van der Waals surface area (Å²) >= 11 is 0. The van der Waals surface area contributed by atoms with Crippen molar-refractivity contribution in [2.24, 2.45) is 5.92 Å². The van der Waals surface area contributed by atoms with Crippen LogP contribution in [0.3, 0.4) is 0 Å². The fourth-order valence-electron chi connectivity index (χ4n) is 3.92. The molecule has 2 amide bonds. The molecule has 1 aromatic rings. The molecule has 0 aromatic carbocycles. The molecule has 0 saturated carbocycles. The van der Waals surface area contributed by atoms with Gasteiger partial charge in [-0.15, -0.1) is 0 Å². The summed E-state index contributed by atoms with van der Waals surface area (Å²) in [7, 11) is 0. The van der Waals surface area contributed by atoms with Gasteiger partial charge in [-0.05, 0) is 63.5 Å². The molecule has 3 rings (SSSR count). The van der Waals surface area contributed by atoms with Gasteiger partial charge in [0, 0.05) is 50.3 Å². The lowest BCUT2D eigenvalue weighted by Gasteiger charge is -2.35. The van der Waals surface area contributed by atoms with E-state index < -0.39 is 0 Å². The number of pyridine rings is 1. The molecule has 1 aromatic heterocycles. The van der Waals surface area contributed by atoms with Crippen LogP contribution in [0.25, 0.3) is 0 Å². The quantitative estimate of drug-likeness (QED) is 0.922. The maximum absolute atomic E-state index is 12.3. The van der Waals surface area contributed by atoms with E-state index >= 15 is 0 Å². The molecule has 1 atom stereocenters. The summed E-state index contributed by atoms with van der Waals surface area (Å²) in [5.74, 6) is 0.724. The third-order valence-corrected chi connectivity index (χ3v) is 5.54. The Balaban J connectivity index is 1.35. The Morgan fingerprint density at radius 2 is 1.92 bits per heavy atom. The number of urea groups is 1. The van der Waals surface area contributed by atoms with E-state index in [2.05, 4.69) is 34.3 Å².